The van der Waals surface area contributed by atoms with E-state index in [2.05, 4.69) is 53.3 Å². The van der Waals surface area contributed by atoms with Crippen LogP contribution in [-0.4, -0.2) is 13.3 Å². The molecule has 0 heterocycles. The Labute approximate surface area is 102 Å². The zero-order valence-corrected chi connectivity index (χ0v) is 12.0. The van der Waals surface area contributed by atoms with E-state index in [0.29, 0.717) is 17.8 Å². The molecule has 1 nitrogen and oxygen atoms in total. The van der Waals surface area contributed by atoms with Gasteiger partial charge >= 0.3 is 0 Å². The van der Waals surface area contributed by atoms with Gasteiger partial charge in [0.25, 0.3) is 0 Å². The summed E-state index contributed by atoms with van der Waals surface area (Å²) < 4.78 is 0. The van der Waals surface area contributed by atoms with E-state index < -0.39 is 0 Å². The highest BCUT2D eigenvalue weighted by Gasteiger charge is 2.21. The summed E-state index contributed by atoms with van der Waals surface area (Å²) in [5.74, 6) is 1.85. The number of nitrogens with zero attached hydrogens (tertiary/aromatic N) is 1. The molecule has 94 valence electrons. The van der Waals surface area contributed by atoms with E-state index in [0.717, 1.165) is 6.54 Å². The topological polar surface area (TPSA) is 12.4 Å². The first kappa shape index (κ1) is 15.4. The summed E-state index contributed by atoms with van der Waals surface area (Å²) in [5, 5.41) is 0. The van der Waals surface area contributed by atoms with Crippen molar-refractivity contribution in [3.63, 3.8) is 0 Å². The van der Waals surface area contributed by atoms with Crippen molar-refractivity contribution < 1.29 is 0 Å². The first-order chi connectivity index (χ1) is 7.45. The largest absolute Gasteiger partial charge is 0.300 e. The molecule has 0 rings (SSSR count). The summed E-state index contributed by atoms with van der Waals surface area (Å²) in [7, 11) is 0. The van der Waals surface area contributed by atoms with Crippen LogP contribution < -0.4 is 0 Å². The highest BCUT2D eigenvalue weighted by Crippen LogP contribution is 2.31. The van der Waals surface area contributed by atoms with Crippen molar-refractivity contribution in [2.24, 2.45) is 22.7 Å². The fourth-order valence-electron chi connectivity index (χ4n) is 2.56. The monoisotopic (exact) mass is 223 g/mol. The van der Waals surface area contributed by atoms with Crippen molar-refractivity contribution in [2.45, 2.75) is 54.4 Å². The standard InChI is InChI=1S/C15H29N/c1-8-9-13(6)15(12(4)5)14(10-16-7)11(2)3/h11-12,14H,7-10H2,1-6H3. The van der Waals surface area contributed by atoms with Gasteiger partial charge in [0, 0.05) is 12.5 Å². The predicted octanol–water partition coefficient (Wildman–Crippen LogP) is 4.73. The fourth-order valence-corrected chi connectivity index (χ4v) is 2.56. The minimum absolute atomic E-state index is 0.573. The molecule has 0 fully saturated rings. The Hall–Kier alpha value is -0.590. The van der Waals surface area contributed by atoms with Gasteiger partial charge in [-0.3, -0.25) is 0 Å². The zero-order chi connectivity index (χ0) is 12.7. The quantitative estimate of drug-likeness (QED) is 0.437. The molecule has 0 aromatic carbocycles. The van der Waals surface area contributed by atoms with Crippen LogP contribution in [0.2, 0.25) is 0 Å². The molecule has 0 amide bonds. The molecule has 0 aliphatic rings. The van der Waals surface area contributed by atoms with Crippen molar-refractivity contribution in [3.8, 4) is 0 Å². The van der Waals surface area contributed by atoms with Gasteiger partial charge in [-0.15, -0.1) is 0 Å². The number of hydrogen-bond acceptors (Lipinski definition) is 1. The molecule has 0 aliphatic carbocycles. The van der Waals surface area contributed by atoms with Crippen molar-refractivity contribution in [1.29, 1.82) is 0 Å². The first-order valence-corrected chi connectivity index (χ1v) is 6.57. The molecular formula is C15H29N. The van der Waals surface area contributed by atoms with Crippen LogP contribution in [0.5, 0.6) is 0 Å². The molecule has 1 unspecified atom stereocenters. The Morgan fingerprint density at radius 2 is 1.75 bits per heavy atom. The van der Waals surface area contributed by atoms with Gasteiger partial charge in [-0.2, -0.15) is 0 Å². The van der Waals surface area contributed by atoms with Crippen molar-refractivity contribution in [2.75, 3.05) is 6.54 Å². The van der Waals surface area contributed by atoms with Crippen molar-refractivity contribution in [1.82, 2.24) is 0 Å². The summed E-state index contributed by atoms with van der Waals surface area (Å²) in [6.07, 6.45) is 2.45. The molecule has 0 spiro atoms. The zero-order valence-electron chi connectivity index (χ0n) is 12.0. The lowest BCUT2D eigenvalue weighted by Gasteiger charge is -2.28. The Morgan fingerprint density at radius 3 is 2.06 bits per heavy atom. The molecule has 0 saturated heterocycles. The molecule has 0 saturated carbocycles. The van der Waals surface area contributed by atoms with E-state index in [1.54, 1.807) is 11.1 Å². The van der Waals surface area contributed by atoms with Gasteiger partial charge in [0.1, 0.15) is 0 Å². The van der Waals surface area contributed by atoms with Crippen molar-refractivity contribution >= 4 is 6.72 Å². The molecule has 0 aliphatic heterocycles. The average molecular weight is 223 g/mol. The van der Waals surface area contributed by atoms with E-state index in [1.165, 1.54) is 12.8 Å². The van der Waals surface area contributed by atoms with E-state index in [1.807, 2.05) is 0 Å². The Balaban J connectivity index is 5.13. The molecule has 0 aromatic rings. The van der Waals surface area contributed by atoms with Gasteiger partial charge in [0.15, 0.2) is 0 Å². The molecular weight excluding hydrogens is 194 g/mol. The van der Waals surface area contributed by atoms with Crippen LogP contribution in [-0.2, 0) is 0 Å². The summed E-state index contributed by atoms with van der Waals surface area (Å²) in [5.41, 5.74) is 3.18. The van der Waals surface area contributed by atoms with E-state index in [-0.39, 0.29) is 0 Å². The number of rotatable bonds is 7. The minimum Gasteiger partial charge on any atom is -0.300 e. The van der Waals surface area contributed by atoms with E-state index in [4.69, 9.17) is 0 Å². The van der Waals surface area contributed by atoms with Gasteiger partial charge in [-0.25, -0.2) is 0 Å². The lowest BCUT2D eigenvalue weighted by Crippen LogP contribution is -2.20. The SMILES string of the molecule is C=NCC(C(=C(C)CCC)C(C)C)C(C)C. The summed E-state index contributed by atoms with van der Waals surface area (Å²) in [4.78, 5) is 4.12. The Morgan fingerprint density at radius 1 is 1.19 bits per heavy atom. The maximum absolute atomic E-state index is 4.12. The van der Waals surface area contributed by atoms with Crippen LogP contribution in [0.25, 0.3) is 0 Å². The molecule has 0 bridgehead atoms. The van der Waals surface area contributed by atoms with Crippen LogP contribution in [0, 0.1) is 17.8 Å². The normalized spacial score (nSPS) is 15.2. The van der Waals surface area contributed by atoms with E-state index >= 15 is 0 Å². The number of allylic oxidation sites excluding steroid dienone is 1. The second-order valence-corrected chi connectivity index (χ2v) is 5.40. The predicted molar refractivity (Wildman–Crippen MR) is 75.2 cm³/mol. The Bertz CT molecular complexity index is 236. The third kappa shape index (κ3) is 4.51. The van der Waals surface area contributed by atoms with Crippen LogP contribution in [0.1, 0.15) is 54.4 Å². The summed E-state index contributed by atoms with van der Waals surface area (Å²) >= 11 is 0. The third-order valence-electron chi connectivity index (χ3n) is 3.27. The van der Waals surface area contributed by atoms with Gasteiger partial charge in [0.05, 0.1) is 0 Å². The van der Waals surface area contributed by atoms with Gasteiger partial charge in [-0.05, 0) is 31.9 Å². The summed E-state index contributed by atoms with van der Waals surface area (Å²) in [6.45, 7) is 18.2. The maximum Gasteiger partial charge on any atom is 0.0450 e. The third-order valence-corrected chi connectivity index (χ3v) is 3.27. The van der Waals surface area contributed by atoms with E-state index in [9.17, 15) is 0 Å². The Kier molecular flexibility index (Phi) is 7.36. The van der Waals surface area contributed by atoms with Gasteiger partial charge in [0.2, 0.25) is 0 Å². The molecule has 1 heteroatoms. The second kappa shape index (κ2) is 7.65. The van der Waals surface area contributed by atoms with Crippen LogP contribution in [0.3, 0.4) is 0 Å². The molecule has 1 atom stereocenters. The number of hydrogen-bond donors (Lipinski definition) is 0. The van der Waals surface area contributed by atoms with Crippen LogP contribution >= 0.6 is 0 Å². The minimum atomic E-state index is 0.573. The second-order valence-electron chi connectivity index (χ2n) is 5.40. The smallest absolute Gasteiger partial charge is 0.0450 e. The van der Waals surface area contributed by atoms with Gasteiger partial charge in [-0.1, -0.05) is 52.2 Å². The van der Waals surface area contributed by atoms with Crippen molar-refractivity contribution in [3.05, 3.63) is 11.1 Å². The fraction of sp³-hybridized carbons (Fsp3) is 0.800. The lowest BCUT2D eigenvalue weighted by molar-refractivity contribution is 0.415. The molecule has 0 N–H and O–H groups in total. The first-order valence-electron chi connectivity index (χ1n) is 6.57. The highest BCUT2D eigenvalue weighted by molar-refractivity contribution is 5.25. The molecule has 0 aromatic heterocycles. The molecule has 16 heavy (non-hydrogen) atoms. The molecule has 0 radical (unpaired) electrons. The van der Waals surface area contributed by atoms with Gasteiger partial charge < -0.3 is 4.99 Å². The average Bonchev–Trinajstić information content (AvgIpc) is 2.16. The highest BCUT2D eigenvalue weighted by atomic mass is 14.7. The lowest BCUT2D eigenvalue weighted by atomic mass is 9.79. The maximum atomic E-state index is 4.12. The van der Waals surface area contributed by atoms with Crippen LogP contribution in [0.15, 0.2) is 16.1 Å². The number of aliphatic imine (C=N–C) groups is 1. The van der Waals surface area contributed by atoms with Crippen LogP contribution in [0.4, 0.5) is 0 Å². The summed E-state index contributed by atoms with van der Waals surface area (Å²) in [6, 6.07) is 0.